The molecule has 0 aromatic carbocycles. The summed E-state index contributed by atoms with van der Waals surface area (Å²) in [5.74, 6) is -2.16. The third-order valence-corrected chi connectivity index (χ3v) is 2.06. The van der Waals surface area contributed by atoms with Gasteiger partial charge >= 0.3 is 5.97 Å². The summed E-state index contributed by atoms with van der Waals surface area (Å²) < 4.78 is 0. The molecule has 14 heavy (non-hydrogen) atoms. The Morgan fingerprint density at radius 1 is 1.50 bits per heavy atom. The van der Waals surface area contributed by atoms with E-state index in [0.29, 0.717) is 0 Å². The van der Waals surface area contributed by atoms with Crippen LogP contribution in [0.5, 0.6) is 0 Å². The van der Waals surface area contributed by atoms with Crippen molar-refractivity contribution in [3.05, 3.63) is 0 Å². The van der Waals surface area contributed by atoms with Crippen molar-refractivity contribution in [1.82, 2.24) is 4.90 Å². The third-order valence-electron chi connectivity index (χ3n) is 2.06. The molecule has 6 heteroatoms. The fraction of sp³-hybridized carbons (Fsp3) is 0.625. The Hall–Kier alpha value is -1.43. The van der Waals surface area contributed by atoms with E-state index in [-0.39, 0.29) is 18.7 Å². The van der Waals surface area contributed by atoms with E-state index < -0.39 is 24.0 Å². The molecule has 1 aliphatic rings. The lowest BCUT2D eigenvalue weighted by Gasteiger charge is -2.25. The Bertz CT molecular complexity index is 285. The van der Waals surface area contributed by atoms with Crippen LogP contribution in [0.25, 0.3) is 0 Å². The number of nitrogens with zero attached hydrogens (tertiary/aromatic N) is 1. The molecule has 0 bridgehead atoms. The highest BCUT2D eigenvalue weighted by Gasteiger charge is 2.39. The highest BCUT2D eigenvalue weighted by molar-refractivity contribution is 6.06. The highest BCUT2D eigenvalue weighted by Crippen LogP contribution is 2.14. The van der Waals surface area contributed by atoms with Crippen LogP contribution < -0.4 is 0 Å². The molecule has 0 aliphatic carbocycles. The number of rotatable bonds is 3. The first-order valence-corrected chi connectivity index (χ1v) is 4.15. The van der Waals surface area contributed by atoms with Crippen molar-refractivity contribution in [3.8, 4) is 0 Å². The first-order valence-electron chi connectivity index (χ1n) is 4.15. The van der Waals surface area contributed by atoms with Crippen molar-refractivity contribution in [2.45, 2.75) is 25.5 Å². The number of carbonyl (C=O) groups is 3. The van der Waals surface area contributed by atoms with Gasteiger partial charge in [-0.15, -0.1) is 0 Å². The van der Waals surface area contributed by atoms with Gasteiger partial charge in [0.25, 0.3) is 0 Å². The van der Waals surface area contributed by atoms with E-state index in [1.54, 1.807) is 0 Å². The van der Waals surface area contributed by atoms with Crippen LogP contribution in [0.1, 0.15) is 13.3 Å². The van der Waals surface area contributed by atoms with Crippen molar-refractivity contribution in [2.75, 3.05) is 6.54 Å². The maximum atomic E-state index is 11.2. The summed E-state index contributed by atoms with van der Waals surface area (Å²) >= 11 is 0. The second-order valence-corrected chi connectivity index (χ2v) is 3.26. The van der Waals surface area contributed by atoms with Gasteiger partial charge in [-0.2, -0.15) is 0 Å². The molecule has 1 amide bonds. The van der Waals surface area contributed by atoms with Crippen LogP contribution in [-0.2, 0) is 14.4 Å². The summed E-state index contributed by atoms with van der Waals surface area (Å²) in [6.45, 7) is 1.05. The predicted molar refractivity (Wildman–Crippen MR) is 44.4 cm³/mol. The van der Waals surface area contributed by atoms with E-state index >= 15 is 0 Å². The summed E-state index contributed by atoms with van der Waals surface area (Å²) in [7, 11) is 0. The molecule has 1 rings (SSSR count). The number of hydrogen-bond acceptors (Lipinski definition) is 4. The lowest BCUT2D eigenvalue weighted by atomic mass is 10.1. The molecule has 0 spiro atoms. The molecule has 0 unspecified atom stereocenters. The number of carboxylic acids is 1. The monoisotopic (exact) mass is 201 g/mol. The number of carboxylic acid groups (broad SMARTS) is 1. The molecule has 0 saturated carbocycles. The number of aliphatic hydroxyl groups is 1. The van der Waals surface area contributed by atoms with Crippen LogP contribution in [0.3, 0.4) is 0 Å². The first kappa shape index (κ1) is 10.6. The minimum absolute atomic E-state index is 0.222. The lowest BCUT2D eigenvalue weighted by molar-refractivity contribution is -0.152. The smallest absolute Gasteiger partial charge is 0.329 e. The molecule has 1 saturated heterocycles. The molecular weight excluding hydrogens is 190 g/mol. The van der Waals surface area contributed by atoms with Gasteiger partial charge in [-0.3, -0.25) is 9.59 Å². The number of hydrogen-bond donors (Lipinski definition) is 2. The Balaban J connectivity index is 2.84. The summed E-state index contributed by atoms with van der Waals surface area (Å²) in [5, 5.41) is 17.9. The maximum absolute atomic E-state index is 11.2. The van der Waals surface area contributed by atoms with Gasteiger partial charge in [-0.1, -0.05) is 0 Å². The van der Waals surface area contributed by atoms with Crippen molar-refractivity contribution in [3.63, 3.8) is 0 Å². The van der Waals surface area contributed by atoms with E-state index in [1.807, 2.05) is 0 Å². The summed E-state index contributed by atoms with van der Waals surface area (Å²) in [6, 6.07) is -1.33. The number of amides is 1. The van der Waals surface area contributed by atoms with Gasteiger partial charge in [-0.25, -0.2) is 4.79 Å². The van der Waals surface area contributed by atoms with E-state index in [2.05, 4.69) is 0 Å². The average molecular weight is 201 g/mol. The van der Waals surface area contributed by atoms with Crippen LogP contribution in [0, 0.1) is 0 Å². The van der Waals surface area contributed by atoms with Crippen LogP contribution in [0.2, 0.25) is 0 Å². The molecule has 2 atom stereocenters. The lowest BCUT2D eigenvalue weighted by Crippen LogP contribution is -2.48. The molecule has 1 fully saturated rings. The van der Waals surface area contributed by atoms with Crippen molar-refractivity contribution in [2.24, 2.45) is 0 Å². The van der Waals surface area contributed by atoms with Gasteiger partial charge in [0.2, 0.25) is 5.91 Å². The van der Waals surface area contributed by atoms with E-state index in [4.69, 9.17) is 10.2 Å². The number of ketones is 1. The topological polar surface area (TPSA) is 94.9 Å². The molecule has 0 aromatic rings. The number of carbonyl (C=O) groups excluding carboxylic acids is 2. The Morgan fingerprint density at radius 2 is 2.07 bits per heavy atom. The van der Waals surface area contributed by atoms with E-state index in [9.17, 15) is 14.4 Å². The zero-order valence-electron chi connectivity index (χ0n) is 7.64. The number of likely N-dealkylation sites (tertiary alicyclic amines) is 1. The molecule has 0 aromatic heterocycles. The average Bonchev–Trinajstić information content (AvgIpc) is 2.29. The van der Waals surface area contributed by atoms with Gasteiger partial charge in [0.1, 0.15) is 0 Å². The molecule has 1 heterocycles. The number of Topliss-reactive ketones (excluding diaryl/α,β-unsaturated/α-hetero) is 1. The molecule has 1 aliphatic heterocycles. The van der Waals surface area contributed by atoms with Gasteiger partial charge in [0, 0.05) is 0 Å². The van der Waals surface area contributed by atoms with Crippen molar-refractivity contribution in [1.29, 1.82) is 0 Å². The second-order valence-electron chi connectivity index (χ2n) is 3.26. The van der Waals surface area contributed by atoms with E-state index in [1.165, 1.54) is 6.92 Å². The largest absolute Gasteiger partial charge is 0.480 e. The maximum Gasteiger partial charge on any atom is 0.329 e. The van der Waals surface area contributed by atoms with E-state index in [0.717, 1.165) is 4.90 Å². The van der Waals surface area contributed by atoms with Gasteiger partial charge in [0.15, 0.2) is 11.8 Å². The quantitative estimate of drug-likeness (QED) is 0.549. The SMILES string of the molecule is C[C@H](O)[C@H](C(=O)O)N1CC(=O)CC1=O. The fourth-order valence-corrected chi connectivity index (χ4v) is 1.46. The fourth-order valence-electron chi connectivity index (χ4n) is 1.46. The Labute approximate surface area is 80.1 Å². The second kappa shape index (κ2) is 3.75. The third kappa shape index (κ3) is 1.90. The predicted octanol–water partition coefficient (Wildman–Crippen LogP) is -1.38. The standard InChI is InChI=1S/C8H11NO5/c1-4(10)7(8(13)14)9-3-5(11)2-6(9)12/h4,7,10H,2-3H2,1H3,(H,13,14)/t4-,7+/m0/s1. The normalized spacial score (nSPS) is 21.1. The zero-order chi connectivity index (χ0) is 10.9. The summed E-state index contributed by atoms with van der Waals surface area (Å²) in [5.41, 5.74) is 0. The minimum Gasteiger partial charge on any atom is -0.480 e. The molecule has 78 valence electrons. The summed E-state index contributed by atoms with van der Waals surface area (Å²) in [4.78, 5) is 33.7. The van der Waals surface area contributed by atoms with Gasteiger partial charge in [-0.05, 0) is 6.92 Å². The van der Waals surface area contributed by atoms with Crippen LogP contribution in [-0.4, -0.2) is 51.5 Å². The van der Waals surface area contributed by atoms with Crippen LogP contribution in [0.15, 0.2) is 0 Å². The van der Waals surface area contributed by atoms with Crippen molar-refractivity contribution < 1.29 is 24.6 Å². The zero-order valence-corrected chi connectivity index (χ0v) is 7.64. The minimum atomic E-state index is -1.33. The number of aliphatic carboxylic acids is 1. The molecule has 2 N–H and O–H groups in total. The molecule has 6 nitrogen and oxygen atoms in total. The molecular formula is C8H11NO5. The van der Waals surface area contributed by atoms with Crippen LogP contribution in [0.4, 0.5) is 0 Å². The van der Waals surface area contributed by atoms with Gasteiger partial charge < -0.3 is 15.1 Å². The van der Waals surface area contributed by atoms with Gasteiger partial charge in [0.05, 0.1) is 19.1 Å². The molecule has 0 radical (unpaired) electrons. The summed E-state index contributed by atoms with van der Waals surface area (Å²) in [6.07, 6.45) is -1.46. The Kier molecular flexibility index (Phi) is 2.85. The Morgan fingerprint density at radius 3 is 2.36 bits per heavy atom. The van der Waals surface area contributed by atoms with Crippen molar-refractivity contribution >= 4 is 17.7 Å². The first-order chi connectivity index (χ1) is 6.43. The highest BCUT2D eigenvalue weighted by atomic mass is 16.4. The number of aliphatic hydroxyl groups excluding tert-OH is 1. The van der Waals surface area contributed by atoms with Crippen LogP contribution >= 0.6 is 0 Å².